The zero-order chi connectivity index (χ0) is 21.1. The maximum Gasteiger partial charge on any atom is 0.387 e. The fourth-order valence-corrected chi connectivity index (χ4v) is 3.03. The summed E-state index contributed by atoms with van der Waals surface area (Å²) in [5, 5.41) is 7.91. The van der Waals surface area contributed by atoms with Gasteiger partial charge in [-0.3, -0.25) is 4.79 Å². The zero-order valence-corrected chi connectivity index (χ0v) is 16.6. The maximum absolute atomic E-state index is 12.7. The Bertz CT molecular complexity index is 1030. The van der Waals surface area contributed by atoms with Crippen LogP contribution in [0.4, 0.5) is 8.78 Å². The Kier molecular flexibility index (Phi) is 5.91. The summed E-state index contributed by atoms with van der Waals surface area (Å²) in [7, 11) is 0. The summed E-state index contributed by atoms with van der Waals surface area (Å²) in [4.78, 5) is 12.7. The Labute approximate surface area is 167 Å². The van der Waals surface area contributed by atoms with Gasteiger partial charge in [0, 0.05) is 28.7 Å². The Morgan fingerprint density at radius 1 is 1.07 bits per heavy atom. The van der Waals surface area contributed by atoms with E-state index in [2.05, 4.69) is 14.9 Å². The van der Waals surface area contributed by atoms with Gasteiger partial charge in [-0.25, -0.2) is 0 Å². The summed E-state index contributed by atoms with van der Waals surface area (Å²) in [6, 6.07) is 9.76. The van der Waals surface area contributed by atoms with Gasteiger partial charge in [0.2, 0.25) is 11.7 Å². The maximum atomic E-state index is 12.7. The van der Waals surface area contributed by atoms with Crippen molar-refractivity contribution in [1.29, 1.82) is 0 Å². The van der Waals surface area contributed by atoms with Gasteiger partial charge < -0.3 is 14.0 Å². The van der Waals surface area contributed by atoms with Crippen molar-refractivity contribution in [1.82, 2.24) is 14.8 Å². The smallest absolute Gasteiger partial charge is 0.387 e. The van der Waals surface area contributed by atoms with Gasteiger partial charge in [-0.05, 0) is 63.6 Å². The van der Waals surface area contributed by atoms with Crippen LogP contribution in [0.5, 0.6) is 11.6 Å². The fraction of sp³-hybridized carbons (Fsp3) is 0.286. The molecule has 6 nitrogen and oxygen atoms in total. The quantitative estimate of drug-likeness (QED) is 0.550. The van der Waals surface area contributed by atoms with Crippen molar-refractivity contribution in [2.24, 2.45) is 0 Å². The molecule has 29 heavy (non-hydrogen) atoms. The molecule has 0 aliphatic rings. The predicted octanol–water partition coefficient (Wildman–Crippen LogP) is 4.36. The molecule has 3 rings (SSSR count). The number of rotatable bonds is 7. The van der Waals surface area contributed by atoms with E-state index in [1.807, 2.05) is 32.3 Å². The number of carbonyl (C=O) groups is 1. The molecular formula is C21H21F2N3O3. The number of Topliss-reactive ketones (excluding diaryl/α,β-unsaturated/α-hetero) is 1. The van der Waals surface area contributed by atoms with Gasteiger partial charge in [0.15, 0.2) is 6.61 Å². The van der Waals surface area contributed by atoms with E-state index in [1.54, 1.807) is 24.3 Å². The second-order valence-electron chi connectivity index (χ2n) is 6.66. The average molecular weight is 401 g/mol. The van der Waals surface area contributed by atoms with E-state index in [-0.39, 0.29) is 18.1 Å². The summed E-state index contributed by atoms with van der Waals surface area (Å²) in [6.07, 6.45) is 0. The zero-order valence-electron chi connectivity index (χ0n) is 16.6. The van der Waals surface area contributed by atoms with Crippen LogP contribution in [0.15, 0.2) is 36.4 Å². The number of hydrogen-bond donors (Lipinski definition) is 0. The number of hydrogen-bond acceptors (Lipinski definition) is 5. The fourth-order valence-electron chi connectivity index (χ4n) is 3.03. The minimum atomic E-state index is -2.87. The van der Waals surface area contributed by atoms with Crippen LogP contribution in [0.25, 0.3) is 5.69 Å². The average Bonchev–Trinajstić information content (AvgIpc) is 2.97. The summed E-state index contributed by atoms with van der Waals surface area (Å²) >= 11 is 0. The van der Waals surface area contributed by atoms with Gasteiger partial charge in [0.1, 0.15) is 5.75 Å². The summed E-state index contributed by atoms with van der Waals surface area (Å²) in [6.45, 7) is 4.38. The highest BCUT2D eigenvalue weighted by molar-refractivity contribution is 5.98. The first-order chi connectivity index (χ1) is 13.8. The van der Waals surface area contributed by atoms with Crippen LogP contribution in [0, 0.1) is 27.7 Å². The van der Waals surface area contributed by atoms with Crippen LogP contribution in [0.1, 0.15) is 33.0 Å². The van der Waals surface area contributed by atoms with Crippen molar-refractivity contribution in [3.05, 3.63) is 64.6 Å². The van der Waals surface area contributed by atoms with Crippen molar-refractivity contribution in [3.63, 3.8) is 0 Å². The van der Waals surface area contributed by atoms with E-state index in [1.165, 1.54) is 12.1 Å². The number of aryl methyl sites for hydroxylation is 3. The molecule has 0 spiro atoms. The van der Waals surface area contributed by atoms with Crippen LogP contribution in [-0.2, 0) is 0 Å². The molecule has 0 amide bonds. The highest BCUT2D eigenvalue weighted by Gasteiger charge is 2.18. The van der Waals surface area contributed by atoms with Crippen LogP contribution in [0.3, 0.4) is 0 Å². The highest BCUT2D eigenvalue weighted by Crippen LogP contribution is 2.24. The molecule has 1 aromatic carbocycles. The Balaban J connectivity index is 1.77. The third-order valence-electron chi connectivity index (χ3n) is 4.61. The van der Waals surface area contributed by atoms with Gasteiger partial charge in [0.25, 0.3) is 0 Å². The standard InChI is InChI=1S/C21H21F2N3O3/c1-12-9-20(25-24-14(12)3)28-11-19(27)18-10-13(2)26(15(18)4)16-5-7-17(8-6-16)29-21(22)23/h5-10,21H,11H2,1-4H3. The van der Waals surface area contributed by atoms with E-state index in [0.29, 0.717) is 11.4 Å². The van der Waals surface area contributed by atoms with Gasteiger partial charge >= 0.3 is 6.61 Å². The first-order valence-electron chi connectivity index (χ1n) is 8.97. The second kappa shape index (κ2) is 8.38. The summed E-state index contributed by atoms with van der Waals surface area (Å²) < 4.78 is 36.4. The summed E-state index contributed by atoms with van der Waals surface area (Å²) in [5.74, 6) is 0.178. The van der Waals surface area contributed by atoms with Crippen molar-refractivity contribution in [3.8, 4) is 17.3 Å². The Hall–Kier alpha value is -3.29. The molecule has 0 saturated heterocycles. The number of halogens is 2. The van der Waals surface area contributed by atoms with Gasteiger partial charge in [-0.15, -0.1) is 5.10 Å². The Morgan fingerprint density at radius 2 is 1.76 bits per heavy atom. The molecule has 0 aliphatic heterocycles. The second-order valence-corrected chi connectivity index (χ2v) is 6.66. The van der Waals surface area contributed by atoms with E-state index >= 15 is 0 Å². The van der Waals surface area contributed by atoms with E-state index in [0.717, 1.165) is 28.3 Å². The van der Waals surface area contributed by atoms with E-state index in [9.17, 15) is 13.6 Å². The molecule has 0 bridgehead atoms. The molecule has 8 heteroatoms. The Morgan fingerprint density at radius 3 is 2.38 bits per heavy atom. The first-order valence-corrected chi connectivity index (χ1v) is 8.97. The van der Waals surface area contributed by atoms with E-state index < -0.39 is 6.61 Å². The monoisotopic (exact) mass is 401 g/mol. The lowest BCUT2D eigenvalue weighted by atomic mass is 10.1. The normalized spacial score (nSPS) is 11.0. The highest BCUT2D eigenvalue weighted by atomic mass is 19.3. The topological polar surface area (TPSA) is 66.2 Å². The SMILES string of the molecule is Cc1cc(OCC(=O)c2cc(C)n(-c3ccc(OC(F)F)cc3)c2C)nnc1C. The number of nitrogens with zero attached hydrogens (tertiary/aromatic N) is 3. The van der Waals surface area contributed by atoms with Crippen LogP contribution < -0.4 is 9.47 Å². The van der Waals surface area contributed by atoms with E-state index in [4.69, 9.17) is 4.74 Å². The molecule has 2 aromatic heterocycles. The molecule has 0 saturated carbocycles. The minimum absolute atomic E-state index is 0.0745. The molecule has 152 valence electrons. The predicted molar refractivity (Wildman–Crippen MR) is 103 cm³/mol. The lowest BCUT2D eigenvalue weighted by molar-refractivity contribution is -0.0498. The molecule has 0 radical (unpaired) electrons. The molecule has 0 N–H and O–H groups in total. The first kappa shape index (κ1) is 20.4. The molecular weight excluding hydrogens is 380 g/mol. The summed E-state index contributed by atoms with van der Waals surface area (Å²) in [5.41, 5.74) is 4.55. The largest absolute Gasteiger partial charge is 0.468 e. The third-order valence-corrected chi connectivity index (χ3v) is 4.61. The number of alkyl halides is 2. The third kappa shape index (κ3) is 4.59. The molecule has 0 unspecified atom stereocenters. The van der Waals surface area contributed by atoms with Gasteiger partial charge in [-0.1, -0.05) is 0 Å². The number of carbonyl (C=O) groups excluding carboxylic acids is 1. The molecule has 2 heterocycles. The van der Waals surface area contributed by atoms with Crippen molar-refractivity contribution in [2.75, 3.05) is 6.61 Å². The number of ether oxygens (including phenoxy) is 2. The molecule has 3 aromatic rings. The van der Waals surface area contributed by atoms with Crippen molar-refractivity contribution < 1.29 is 23.0 Å². The van der Waals surface area contributed by atoms with Gasteiger partial charge in [-0.2, -0.15) is 13.9 Å². The molecule has 0 aliphatic carbocycles. The molecule has 0 fully saturated rings. The van der Waals surface area contributed by atoms with Crippen molar-refractivity contribution >= 4 is 5.78 Å². The van der Waals surface area contributed by atoms with Gasteiger partial charge in [0.05, 0.1) is 5.69 Å². The lowest BCUT2D eigenvalue weighted by Gasteiger charge is -2.11. The molecule has 0 atom stereocenters. The lowest BCUT2D eigenvalue weighted by Crippen LogP contribution is -2.14. The van der Waals surface area contributed by atoms with Crippen LogP contribution in [-0.4, -0.2) is 33.8 Å². The van der Waals surface area contributed by atoms with Crippen molar-refractivity contribution in [2.45, 2.75) is 34.3 Å². The number of benzene rings is 1. The van der Waals surface area contributed by atoms with Crippen LogP contribution >= 0.6 is 0 Å². The minimum Gasteiger partial charge on any atom is -0.468 e. The number of aromatic nitrogens is 3. The number of ketones is 1. The van der Waals surface area contributed by atoms with Crippen LogP contribution in [0.2, 0.25) is 0 Å².